The van der Waals surface area contributed by atoms with Crippen molar-refractivity contribution in [1.82, 2.24) is 34.4 Å². The summed E-state index contributed by atoms with van der Waals surface area (Å²) in [6.07, 6.45) is 4.67. The molecule has 0 spiro atoms. The van der Waals surface area contributed by atoms with Crippen molar-refractivity contribution in [3.05, 3.63) is 54.4 Å². The van der Waals surface area contributed by atoms with E-state index in [2.05, 4.69) is 39.9 Å². The molecule has 4 aromatic heterocycles. The van der Waals surface area contributed by atoms with Gasteiger partial charge in [-0.05, 0) is 58.0 Å². The van der Waals surface area contributed by atoms with Gasteiger partial charge in [-0.15, -0.1) is 0 Å². The van der Waals surface area contributed by atoms with Gasteiger partial charge in [-0.3, -0.25) is 4.98 Å². The van der Waals surface area contributed by atoms with Crippen LogP contribution >= 0.6 is 0 Å². The van der Waals surface area contributed by atoms with E-state index in [1.165, 1.54) is 0 Å². The average molecular weight is 387 g/mol. The first kappa shape index (κ1) is 18.0. The number of nitrogens with zero attached hydrogens (tertiary/aromatic N) is 6. The minimum absolute atomic E-state index is 0.407. The third-order valence-corrected chi connectivity index (χ3v) is 5.75. The largest absolute Gasteiger partial charge is 0.340 e. The quantitative estimate of drug-likeness (QED) is 0.578. The van der Waals surface area contributed by atoms with Crippen LogP contribution in [0.2, 0.25) is 0 Å². The minimum atomic E-state index is 0.407. The number of nitrogens with one attached hydrogen (secondary N) is 1. The predicted octanol–water partition coefficient (Wildman–Crippen LogP) is 3.69. The summed E-state index contributed by atoms with van der Waals surface area (Å²) in [6, 6.07) is 10.7. The lowest BCUT2D eigenvalue weighted by atomic mass is 10.1. The molecule has 1 N–H and O–H groups in total. The first-order valence-corrected chi connectivity index (χ1v) is 10.2. The van der Waals surface area contributed by atoms with Gasteiger partial charge in [-0.25, -0.2) is 14.5 Å². The molecule has 1 saturated heterocycles. The van der Waals surface area contributed by atoms with E-state index in [1.807, 2.05) is 37.4 Å². The Morgan fingerprint density at radius 2 is 2.03 bits per heavy atom. The lowest BCUT2D eigenvalue weighted by Gasteiger charge is -2.19. The van der Waals surface area contributed by atoms with Crippen molar-refractivity contribution >= 4 is 5.65 Å². The smallest absolute Gasteiger partial charge is 0.155 e. The number of rotatable bonds is 4. The molecule has 1 aliphatic rings. The van der Waals surface area contributed by atoms with E-state index >= 15 is 0 Å². The lowest BCUT2D eigenvalue weighted by Crippen LogP contribution is -2.28. The fraction of sp³-hybridized carbons (Fsp3) is 0.364. The first-order valence-electron chi connectivity index (χ1n) is 10.2. The van der Waals surface area contributed by atoms with Crippen LogP contribution in [0.4, 0.5) is 0 Å². The summed E-state index contributed by atoms with van der Waals surface area (Å²) in [5.74, 6) is 1.45. The molecule has 0 radical (unpaired) electrons. The van der Waals surface area contributed by atoms with E-state index in [0.29, 0.717) is 12.0 Å². The van der Waals surface area contributed by atoms with Gasteiger partial charge < -0.3 is 9.88 Å². The molecule has 29 heavy (non-hydrogen) atoms. The van der Waals surface area contributed by atoms with Crippen LogP contribution in [0.5, 0.6) is 0 Å². The van der Waals surface area contributed by atoms with Crippen LogP contribution in [0.25, 0.3) is 28.3 Å². The highest BCUT2D eigenvalue weighted by molar-refractivity contribution is 5.77. The Morgan fingerprint density at radius 3 is 2.83 bits per heavy atom. The number of likely N-dealkylation sites (tertiary alicyclic amines) is 1. The third kappa shape index (κ3) is 3.31. The predicted molar refractivity (Wildman–Crippen MR) is 113 cm³/mol. The molecule has 1 atom stereocenters. The molecule has 7 heteroatoms. The summed E-state index contributed by atoms with van der Waals surface area (Å²) in [6.45, 7) is 8.67. The van der Waals surface area contributed by atoms with Crippen molar-refractivity contribution in [2.24, 2.45) is 0 Å². The molecule has 1 aliphatic heterocycles. The van der Waals surface area contributed by atoms with Gasteiger partial charge in [-0.1, -0.05) is 6.07 Å². The van der Waals surface area contributed by atoms with Crippen molar-refractivity contribution < 1.29 is 0 Å². The van der Waals surface area contributed by atoms with Gasteiger partial charge >= 0.3 is 0 Å². The van der Waals surface area contributed by atoms with Crippen molar-refractivity contribution in [3.63, 3.8) is 0 Å². The zero-order chi connectivity index (χ0) is 20.0. The molecule has 0 amide bonds. The Labute approximate surface area is 169 Å². The fourth-order valence-corrected chi connectivity index (χ4v) is 4.10. The highest BCUT2D eigenvalue weighted by atomic mass is 15.3. The fourth-order valence-electron chi connectivity index (χ4n) is 4.10. The molecule has 5 heterocycles. The molecule has 148 valence electrons. The summed E-state index contributed by atoms with van der Waals surface area (Å²) in [7, 11) is 0. The number of aromatic nitrogens is 6. The normalized spacial score (nSPS) is 17.6. The second kappa shape index (κ2) is 7.08. The Kier molecular flexibility index (Phi) is 4.39. The Hall–Kier alpha value is -3.06. The number of aromatic amines is 1. The Balaban J connectivity index is 1.61. The highest BCUT2D eigenvalue weighted by Crippen LogP contribution is 2.34. The maximum atomic E-state index is 5.07. The van der Waals surface area contributed by atoms with Gasteiger partial charge in [-0.2, -0.15) is 5.10 Å². The maximum Gasteiger partial charge on any atom is 0.155 e. The van der Waals surface area contributed by atoms with E-state index in [0.717, 1.165) is 59.3 Å². The molecule has 4 aromatic rings. The minimum Gasteiger partial charge on any atom is -0.340 e. The van der Waals surface area contributed by atoms with Crippen LogP contribution in [0.3, 0.4) is 0 Å². The number of aryl methyl sites for hydroxylation is 1. The van der Waals surface area contributed by atoms with E-state index in [-0.39, 0.29) is 0 Å². The first-order chi connectivity index (χ1) is 14.1. The average Bonchev–Trinajstić information content (AvgIpc) is 3.45. The molecule has 7 nitrogen and oxygen atoms in total. The number of hydrogen-bond acceptors (Lipinski definition) is 5. The lowest BCUT2D eigenvalue weighted by molar-refractivity contribution is 0.272. The molecular formula is C22H25N7. The van der Waals surface area contributed by atoms with Crippen LogP contribution in [0.15, 0.2) is 42.9 Å². The summed E-state index contributed by atoms with van der Waals surface area (Å²) < 4.78 is 1.78. The molecule has 5 rings (SSSR count). The number of fused-ring (bicyclic) bond motifs is 1. The van der Waals surface area contributed by atoms with Crippen LogP contribution in [0, 0.1) is 6.92 Å². The second-order valence-electron chi connectivity index (χ2n) is 8.06. The van der Waals surface area contributed by atoms with Gasteiger partial charge in [0.05, 0.1) is 17.1 Å². The number of H-pyrrole nitrogens is 1. The SMILES string of the molecule is Cc1cccc(-c2[nH]c(C3CCN(C(C)C)C3)nc2-c2ccc3ncnn3c2)n1. The van der Waals surface area contributed by atoms with Gasteiger partial charge in [0, 0.05) is 36.0 Å². The molecule has 0 aliphatic carbocycles. The molecular weight excluding hydrogens is 362 g/mol. The van der Waals surface area contributed by atoms with E-state index in [9.17, 15) is 0 Å². The topological polar surface area (TPSA) is 75.0 Å². The summed E-state index contributed by atoms with van der Waals surface area (Å²) >= 11 is 0. The molecule has 0 bridgehead atoms. The molecule has 0 saturated carbocycles. The van der Waals surface area contributed by atoms with Crippen molar-refractivity contribution in [2.75, 3.05) is 13.1 Å². The molecule has 1 fully saturated rings. The zero-order valence-corrected chi connectivity index (χ0v) is 17.0. The monoisotopic (exact) mass is 387 g/mol. The number of hydrogen-bond donors (Lipinski definition) is 1. The second-order valence-corrected chi connectivity index (χ2v) is 8.06. The van der Waals surface area contributed by atoms with E-state index < -0.39 is 0 Å². The van der Waals surface area contributed by atoms with Gasteiger partial charge in [0.25, 0.3) is 0 Å². The molecule has 0 aromatic carbocycles. The summed E-state index contributed by atoms with van der Waals surface area (Å²) in [5, 5.41) is 4.28. The van der Waals surface area contributed by atoms with E-state index in [4.69, 9.17) is 9.97 Å². The van der Waals surface area contributed by atoms with Gasteiger partial charge in [0.15, 0.2) is 5.65 Å². The van der Waals surface area contributed by atoms with Crippen molar-refractivity contribution in [1.29, 1.82) is 0 Å². The third-order valence-electron chi connectivity index (χ3n) is 5.75. The van der Waals surface area contributed by atoms with Crippen molar-refractivity contribution in [2.45, 2.75) is 39.2 Å². The highest BCUT2D eigenvalue weighted by Gasteiger charge is 2.29. The van der Waals surface area contributed by atoms with Crippen molar-refractivity contribution in [3.8, 4) is 22.6 Å². The summed E-state index contributed by atoms with van der Waals surface area (Å²) in [5.41, 5.74) is 5.61. The van der Waals surface area contributed by atoms with Crippen LogP contribution < -0.4 is 0 Å². The van der Waals surface area contributed by atoms with Gasteiger partial charge in [0.1, 0.15) is 12.2 Å². The molecule has 1 unspecified atom stereocenters. The Morgan fingerprint density at radius 1 is 1.14 bits per heavy atom. The van der Waals surface area contributed by atoms with Crippen LogP contribution in [-0.2, 0) is 0 Å². The van der Waals surface area contributed by atoms with Crippen LogP contribution in [-0.4, -0.2) is 53.6 Å². The van der Waals surface area contributed by atoms with E-state index in [1.54, 1.807) is 10.8 Å². The number of imidazole rings is 1. The zero-order valence-electron chi connectivity index (χ0n) is 17.0. The maximum absolute atomic E-state index is 5.07. The van der Waals surface area contributed by atoms with Crippen LogP contribution in [0.1, 0.15) is 37.7 Å². The van der Waals surface area contributed by atoms with Gasteiger partial charge in [0.2, 0.25) is 0 Å². The number of pyridine rings is 2. The Bertz CT molecular complexity index is 1160. The summed E-state index contributed by atoms with van der Waals surface area (Å²) in [4.78, 5) is 20.2. The standard InChI is InChI=1S/C22H25N7/c1-14(2)28-10-9-17(11-28)22-26-20(16-7-8-19-23-13-24-29(19)12-16)21(27-22)18-6-4-5-15(3)25-18/h4-8,12-14,17H,9-11H2,1-3H3,(H,26,27).